The number of amides is 1. The van der Waals surface area contributed by atoms with E-state index in [2.05, 4.69) is 15.9 Å². The Morgan fingerprint density at radius 1 is 1.32 bits per heavy atom. The summed E-state index contributed by atoms with van der Waals surface area (Å²) in [5, 5.41) is 1.16. The van der Waals surface area contributed by atoms with Gasteiger partial charge in [-0.05, 0) is 44.0 Å². The lowest BCUT2D eigenvalue weighted by Crippen LogP contribution is -2.54. The van der Waals surface area contributed by atoms with E-state index in [0.717, 1.165) is 20.7 Å². The number of carbonyl (C=O) groups excluding carboxylic acids is 2. The van der Waals surface area contributed by atoms with Gasteiger partial charge < -0.3 is 0 Å². The molecule has 1 aliphatic rings. The van der Waals surface area contributed by atoms with Gasteiger partial charge in [-0.2, -0.15) is 0 Å². The lowest BCUT2D eigenvalue weighted by Gasteiger charge is -2.38. The quantitative estimate of drug-likeness (QED) is 0.745. The summed E-state index contributed by atoms with van der Waals surface area (Å²) < 4.78 is 0.848. The van der Waals surface area contributed by atoms with Gasteiger partial charge in [0.15, 0.2) is 5.78 Å². The van der Waals surface area contributed by atoms with Crippen molar-refractivity contribution in [2.45, 2.75) is 32.3 Å². The van der Waals surface area contributed by atoms with Crippen LogP contribution >= 0.6 is 15.9 Å². The molecule has 2 rings (SSSR count). The van der Waals surface area contributed by atoms with Crippen molar-refractivity contribution >= 4 is 27.6 Å². The normalized spacial score (nSPS) is 22.8. The Labute approximate surface area is 120 Å². The van der Waals surface area contributed by atoms with Crippen LogP contribution in [0.25, 0.3) is 0 Å². The first-order chi connectivity index (χ1) is 8.74. The van der Waals surface area contributed by atoms with E-state index in [0.29, 0.717) is 0 Å². The predicted molar refractivity (Wildman–Crippen MR) is 74.6 cm³/mol. The van der Waals surface area contributed by atoms with E-state index in [1.54, 1.807) is 13.8 Å². The van der Waals surface area contributed by atoms with Crippen LogP contribution in [0.5, 0.6) is 0 Å². The molecular formula is C14H16BrNO3. The Kier molecular flexibility index (Phi) is 3.53. The Bertz CT molecular complexity index is 554. The molecule has 1 aromatic carbocycles. The molecular weight excluding hydrogens is 310 g/mol. The number of likely N-dealkylation sites (N-methyl/N-ethyl adjacent to an activating group) is 1. The number of Topliss-reactive ketones (excluding diaryl/α,β-unsaturated/α-hetero) is 1. The van der Waals surface area contributed by atoms with Crippen molar-refractivity contribution in [2.75, 3.05) is 7.05 Å². The molecule has 1 aliphatic heterocycles. The van der Waals surface area contributed by atoms with Crippen LogP contribution < -0.4 is 0 Å². The Morgan fingerprint density at radius 2 is 1.95 bits per heavy atom. The molecule has 0 aliphatic carbocycles. The second-order valence-corrected chi connectivity index (χ2v) is 6.15. The Hall–Kier alpha value is -1.20. The summed E-state index contributed by atoms with van der Waals surface area (Å²) in [5.41, 5.74) is 0.649. The first kappa shape index (κ1) is 14.2. The van der Waals surface area contributed by atoms with E-state index in [9.17, 15) is 9.59 Å². The summed E-state index contributed by atoms with van der Waals surface area (Å²) >= 11 is 3.38. The maximum Gasteiger partial charge on any atom is 0.261 e. The fraction of sp³-hybridized carbons (Fsp3) is 0.429. The fourth-order valence-electron chi connectivity index (χ4n) is 2.27. The Morgan fingerprint density at radius 3 is 2.58 bits per heavy atom. The van der Waals surface area contributed by atoms with Crippen molar-refractivity contribution in [1.29, 1.82) is 0 Å². The van der Waals surface area contributed by atoms with Crippen LogP contribution in [0.2, 0.25) is 0 Å². The molecule has 5 heteroatoms. The van der Waals surface area contributed by atoms with Gasteiger partial charge >= 0.3 is 0 Å². The van der Waals surface area contributed by atoms with Crippen molar-refractivity contribution in [1.82, 2.24) is 5.06 Å². The molecule has 0 saturated carbocycles. The molecule has 0 spiro atoms. The highest BCUT2D eigenvalue weighted by atomic mass is 79.9. The van der Waals surface area contributed by atoms with E-state index in [-0.39, 0.29) is 11.7 Å². The maximum absolute atomic E-state index is 12.5. The van der Waals surface area contributed by atoms with Gasteiger partial charge in [0.05, 0.1) is 0 Å². The van der Waals surface area contributed by atoms with Crippen LogP contribution in [0.3, 0.4) is 0 Å². The van der Waals surface area contributed by atoms with Gasteiger partial charge in [-0.15, -0.1) is 0 Å². The van der Waals surface area contributed by atoms with Gasteiger partial charge in [-0.1, -0.05) is 22.0 Å². The molecule has 19 heavy (non-hydrogen) atoms. The SMILES string of the molecule is Cc1ccc(Br)cc1C1C(=O)N(C)OC(C)(C)C1=O. The molecule has 1 heterocycles. The third-order valence-corrected chi connectivity index (χ3v) is 3.82. The van der Waals surface area contributed by atoms with Gasteiger partial charge in [-0.25, -0.2) is 5.06 Å². The van der Waals surface area contributed by atoms with Gasteiger partial charge in [0.25, 0.3) is 5.91 Å². The zero-order valence-electron chi connectivity index (χ0n) is 11.4. The first-order valence-electron chi connectivity index (χ1n) is 6.01. The van der Waals surface area contributed by atoms with Crippen LogP contribution in [-0.4, -0.2) is 29.4 Å². The lowest BCUT2D eigenvalue weighted by atomic mass is 9.82. The molecule has 0 N–H and O–H groups in total. The molecule has 1 saturated heterocycles. The lowest BCUT2D eigenvalue weighted by molar-refractivity contribution is -0.233. The number of carbonyl (C=O) groups is 2. The number of hydroxylamine groups is 2. The van der Waals surface area contributed by atoms with E-state index in [4.69, 9.17) is 4.84 Å². The third-order valence-electron chi connectivity index (χ3n) is 3.33. The van der Waals surface area contributed by atoms with Gasteiger partial charge in [0, 0.05) is 11.5 Å². The monoisotopic (exact) mass is 325 g/mol. The van der Waals surface area contributed by atoms with Gasteiger partial charge in [0.2, 0.25) is 0 Å². The molecule has 0 radical (unpaired) electrons. The minimum absolute atomic E-state index is 0.211. The highest BCUT2D eigenvalue weighted by Crippen LogP contribution is 2.34. The van der Waals surface area contributed by atoms with Gasteiger partial charge in [0.1, 0.15) is 11.5 Å². The second kappa shape index (κ2) is 4.72. The molecule has 0 aromatic heterocycles. The highest BCUT2D eigenvalue weighted by Gasteiger charge is 2.47. The summed E-state index contributed by atoms with van der Waals surface area (Å²) in [4.78, 5) is 30.1. The zero-order chi connectivity index (χ0) is 14.4. The third kappa shape index (κ3) is 2.44. The van der Waals surface area contributed by atoms with Crippen LogP contribution in [0.4, 0.5) is 0 Å². The van der Waals surface area contributed by atoms with Crippen molar-refractivity contribution < 1.29 is 14.4 Å². The molecule has 4 nitrogen and oxygen atoms in total. The summed E-state index contributed by atoms with van der Waals surface area (Å²) in [7, 11) is 1.54. The minimum Gasteiger partial charge on any atom is -0.295 e. The molecule has 0 bridgehead atoms. The van der Waals surface area contributed by atoms with Crippen molar-refractivity contribution in [3.8, 4) is 0 Å². The number of ketones is 1. The zero-order valence-corrected chi connectivity index (χ0v) is 12.9. The molecule has 1 atom stereocenters. The van der Waals surface area contributed by atoms with E-state index in [1.807, 2.05) is 25.1 Å². The fourth-order valence-corrected chi connectivity index (χ4v) is 2.65. The van der Waals surface area contributed by atoms with Crippen molar-refractivity contribution in [2.24, 2.45) is 0 Å². The average Bonchev–Trinajstić information content (AvgIpc) is 2.31. The van der Waals surface area contributed by atoms with E-state index in [1.165, 1.54) is 7.05 Å². The van der Waals surface area contributed by atoms with Crippen molar-refractivity contribution in [3.63, 3.8) is 0 Å². The number of rotatable bonds is 1. The van der Waals surface area contributed by atoms with Crippen molar-refractivity contribution in [3.05, 3.63) is 33.8 Å². The van der Waals surface area contributed by atoms with Crippen LogP contribution in [0.1, 0.15) is 30.9 Å². The topological polar surface area (TPSA) is 46.6 Å². The standard InChI is InChI=1S/C14H16BrNO3/c1-8-5-6-9(15)7-10(8)11-12(17)14(2,3)19-16(4)13(11)18/h5-7,11H,1-4H3. The number of nitrogens with zero attached hydrogens (tertiary/aromatic N) is 1. The number of hydrogen-bond acceptors (Lipinski definition) is 3. The summed E-state index contributed by atoms with van der Waals surface area (Å²) in [6.45, 7) is 5.25. The van der Waals surface area contributed by atoms with E-state index < -0.39 is 11.5 Å². The maximum atomic E-state index is 12.5. The number of halogens is 1. The number of benzene rings is 1. The average molecular weight is 326 g/mol. The highest BCUT2D eigenvalue weighted by molar-refractivity contribution is 9.10. The first-order valence-corrected chi connectivity index (χ1v) is 6.80. The summed E-state index contributed by atoms with van der Waals surface area (Å²) in [5.74, 6) is -1.34. The smallest absolute Gasteiger partial charge is 0.261 e. The predicted octanol–water partition coefficient (Wildman–Crippen LogP) is 2.59. The molecule has 1 amide bonds. The number of aryl methyl sites for hydroxylation is 1. The molecule has 1 aromatic rings. The summed E-state index contributed by atoms with van der Waals surface area (Å²) in [6.07, 6.45) is 0. The molecule has 1 fully saturated rings. The van der Waals surface area contributed by atoms with Crippen LogP contribution in [0.15, 0.2) is 22.7 Å². The summed E-state index contributed by atoms with van der Waals surface area (Å²) in [6, 6.07) is 5.61. The minimum atomic E-state index is -0.998. The molecule has 1 unspecified atom stereocenters. The molecule has 102 valence electrons. The number of hydrogen-bond donors (Lipinski definition) is 0. The van der Waals surface area contributed by atoms with Crippen LogP contribution in [-0.2, 0) is 14.4 Å². The van der Waals surface area contributed by atoms with Crippen LogP contribution in [0, 0.1) is 6.92 Å². The van der Waals surface area contributed by atoms with Gasteiger partial charge in [-0.3, -0.25) is 14.4 Å². The Balaban J connectivity index is 2.54. The second-order valence-electron chi connectivity index (χ2n) is 5.24. The largest absolute Gasteiger partial charge is 0.295 e. The van der Waals surface area contributed by atoms with E-state index >= 15 is 0 Å².